The van der Waals surface area contributed by atoms with Crippen LogP contribution in [0.15, 0.2) is 36.4 Å². The summed E-state index contributed by atoms with van der Waals surface area (Å²) in [6.07, 6.45) is 3.16. The third-order valence-corrected chi connectivity index (χ3v) is 7.66. The minimum atomic E-state index is -0.0566. The zero-order chi connectivity index (χ0) is 24.2. The van der Waals surface area contributed by atoms with Crippen molar-refractivity contribution in [3.05, 3.63) is 57.0 Å². The monoisotopic (exact) mass is 522 g/mol. The molecule has 6 nitrogen and oxygen atoms in total. The molecule has 2 N–H and O–H groups in total. The fourth-order valence-corrected chi connectivity index (χ4v) is 5.56. The van der Waals surface area contributed by atoms with Crippen molar-refractivity contribution in [2.24, 2.45) is 5.92 Å². The number of rotatable bonds is 7. The molecule has 9 heteroatoms. The second-order valence-electron chi connectivity index (χ2n) is 9.01. The highest BCUT2D eigenvalue weighted by Gasteiger charge is 2.32. The van der Waals surface area contributed by atoms with Crippen LogP contribution in [0.5, 0.6) is 0 Å². The predicted molar refractivity (Wildman–Crippen MR) is 139 cm³/mol. The molecule has 2 amide bonds. The van der Waals surface area contributed by atoms with Crippen molar-refractivity contribution in [1.82, 2.24) is 10.2 Å². The Morgan fingerprint density at radius 2 is 1.79 bits per heavy atom. The summed E-state index contributed by atoms with van der Waals surface area (Å²) in [5, 5.41) is 8.10. The first kappa shape index (κ1) is 25.0. The summed E-state index contributed by atoms with van der Waals surface area (Å²) in [4.78, 5) is 27.8. The third-order valence-electron chi connectivity index (χ3n) is 6.76. The first-order valence-electron chi connectivity index (χ1n) is 11.6. The number of piperidine rings is 1. The lowest BCUT2D eigenvalue weighted by atomic mass is 9.95. The average Bonchev–Trinajstić information content (AvgIpc) is 3.29. The molecule has 34 heavy (non-hydrogen) atoms. The van der Waals surface area contributed by atoms with Gasteiger partial charge in [0.15, 0.2) is 0 Å². The van der Waals surface area contributed by atoms with Gasteiger partial charge in [0.1, 0.15) is 0 Å². The second kappa shape index (κ2) is 11.1. The van der Waals surface area contributed by atoms with Gasteiger partial charge in [-0.15, -0.1) is 0 Å². The van der Waals surface area contributed by atoms with Crippen molar-refractivity contribution in [3.8, 4) is 0 Å². The maximum atomic E-state index is 12.9. The Labute approximate surface area is 215 Å². The summed E-state index contributed by atoms with van der Waals surface area (Å²) < 4.78 is 0. The van der Waals surface area contributed by atoms with Gasteiger partial charge in [0.25, 0.3) is 0 Å². The number of carbonyl (C=O) groups is 2. The number of nitrogens with zero attached hydrogens (tertiary/aromatic N) is 2. The number of hydrogen-bond acceptors (Lipinski definition) is 4. The smallest absolute Gasteiger partial charge is 0.225 e. The van der Waals surface area contributed by atoms with Crippen LogP contribution < -0.4 is 15.5 Å². The second-order valence-corrected chi connectivity index (χ2v) is 10.3. The molecular weight excluding hydrogens is 495 g/mol. The maximum absolute atomic E-state index is 12.9. The Balaban J connectivity index is 1.37. The van der Waals surface area contributed by atoms with Crippen molar-refractivity contribution in [2.75, 3.05) is 36.4 Å². The van der Waals surface area contributed by atoms with Crippen LogP contribution in [0.2, 0.25) is 15.1 Å². The molecule has 2 aromatic carbocycles. The van der Waals surface area contributed by atoms with E-state index in [-0.39, 0.29) is 23.9 Å². The van der Waals surface area contributed by atoms with Crippen molar-refractivity contribution in [2.45, 2.75) is 38.3 Å². The summed E-state index contributed by atoms with van der Waals surface area (Å²) in [6, 6.07) is 11.5. The van der Waals surface area contributed by atoms with Gasteiger partial charge in [0.05, 0.1) is 16.8 Å². The van der Waals surface area contributed by atoms with Crippen LogP contribution in [0.4, 0.5) is 11.4 Å². The number of hydrogen-bond donors (Lipinski definition) is 2. The van der Waals surface area contributed by atoms with Gasteiger partial charge in [-0.25, -0.2) is 0 Å². The molecule has 0 aliphatic carbocycles. The van der Waals surface area contributed by atoms with Gasteiger partial charge in [0, 0.05) is 53.9 Å². The lowest BCUT2D eigenvalue weighted by molar-refractivity contribution is -0.135. The largest absolute Gasteiger partial charge is 0.377 e. The van der Waals surface area contributed by atoms with Gasteiger partial charge in [0.2, 0.25) is 12.3 Å². The van der Waals surface area contributed by atoms with Gasteiger partial charge in [-0.2, -0.15) is 0 Å². The lowest BCUT2D eigenvalue weighted by Crippen LogP contribution is -2.43. The molecule has 2 aliphatic heterocycles. The fraction of sp³-hybridized carbons (Fsp3) is 0.440. The molecule has 2 aliphatic rings. The van der Waals surface area contributed by atoms with Crippen LogP contribution in [-0.4, -0.2) is 49.4 Å². The Morgan fingerprint density at radius 3 is 2.50 bits per heavy atom. The van der Waals surface area contributed by atoms with Crippen LogP contribution in [0.3, 0.4) is 0 Å². The zero-order valence-electron chi connectivity index (χ0n) is 19.1. The van der Waals surface area contributed by atoms with E-state index in [2.05, 4.69) is 21.6 Å². The molecule has 2 atom stereocenters. The molecule has 2 aromatic rings. The fourth-order valence-electron chi connectivity index (χ4n) is 4.82. The standard InChI is InChI=1S/C25H29Cl3N4O2/c1-16(21-4-2-18(26)12-23(21)28)30-24-13-20(3-5-22(24)27)31-9-6-17(7-10-31)25(34)32-11-8-19(14-32)29-15-33/h2-5,12-13,15-17,19,30H,6-11,14H2,1H3,(H,29,33). The van der Waals surface area contributed by atoms with Gasteiger partial charge < -0.3 is 20.4 Å². The molecule has 2 fully saturated rings. The van der Waals surface area contributed by atoms with E-state index in [1.54, 1.807) is 6.07 Å². The van der Waals surface area contributed by atoms with E-state index < -0.39 is 0 Å². The molecule has 0 aromatic heterocycles. The van der Waals surface area contributed by atoms with E-state index in [1.807, 2.05) is 36.1 Å². The van der Waals surface area contributed by atoms with Crippen LogP contribution in [0, 0.1) is 5.92 Å². The number of amides is 2. The Bertz CT molecular complexity index is 1040. The minimum absolute atomic E-state index is 0.0307. The average molecular weight is 524 g/mol. The van der Waals surface area contributed by atoms with E-state index in [9.17, 15) is 9.59 Å². The quantitative estimate of drug-likeness (QED) is 0.478. The normalized spacial score (nSPS) is 19.7. The highest BCUT2D eigenvalue weighted by molar-refractivity contribution is 6.35. The van der Waals surface area contributed by atoms with Gasteiger partial charge in [-0.1, -0.05) is 40.9 Å². The van der Waals surface area contributed by atoms with E-state index in [0.717, 1.165) is 55.7 Å². The summed E-state index contributed by atoms with van der Waals surface area (Å²) >= 11 is 18.9. The topological polar surface area (TPSA) is 64.7 Å². The molecule has 2 saturated heterocycles. The molecule has 2 unspecified atom stereocenters. The van der Waals surface area contributed by atoms with E-state index >= 15 is 0 Å². The number of nitrogens with one attached hydrogen (secondary N) is 2. The van der Waals surface area contributed by atoms with E-state index in [1.165, 1.54) is 0 Å². The van der Waals surface area contributed by atoms with E-state index in [4.69, 9.17) is 34.8 Å². The lowest BCUT2D eigenvalue weighted by Gasteiger charge is -2.35. The summed E-state index contributed by atoms with van der Waals surface area (Å²) in [5.41, 5.74) is 2.85. The van der Waals surface area contributed by atoms with E-state index in [0.29, 0.717) is 28.2 Å². The van der Waals surface area contributed by atoms with Crippen molar-refractivity contribution in [3.63, 3.8) is 0 Å². The molecule has 0 radical (unpaired) electrons. The molecule has 0 spiro atoms. The van der Waals surface area contributed by atoms with Crippen molar-refractivity contribution >= 4 is 58.5 Å². The van der Waals surface area contributed by atoms with Crippen LogP contribution in [-0.2, 0) is 9.59 Å². The first-order valence-corrected chi connectivity index (χ1v) is 12.7. The molecule has 4 rings (SSSR count). The van der Waals surface area contributed by atoms with Gasteiger partial charge >= 0.3 is 0 Å². The third kappa shape index (κ3) is 5.73. The SMILES string of the molecule is CC(Nc1cc(N2CCC(C(=O)N3CCC(NC=O)C3)CC2)ccc1Cl)c1ccc(Cl)cc1Cl. The minimum Gasteiger partial charge on any atom is -0.377 e. The van der Waals surface area contributed by atoms with Crippen LogP contribution in [0.1, 0.15) is 37.8 Å². The summed E-state index contributed by atoms with van der Waals surface area (Å²) in [6.45, 7) is 4.97. The molecule has 0 bridgehead atoms. The Hall–Kier alpha value is -2.15. The Kier molecular flexibility index (Phi) is 8.12. The number of likely N-dealkylation sites (tertiary alicyclic amines) is 1. The van der Waals surface area contributed by atoms with Crippen LogP contribution >= 0.6 is 34.8 Å². The number of benzene rings is 2. The molecular formula is C25H29Cl3N4O2. The number of halogens is 3. The summed E-state index contributed by atoms with van der Waals surface area (Å²) in [7, 11) is 0. The predicted octanol–water partition coefficient (Wildman–Crippen LogP) is 5.38. The molecule has 2 heterocycles. The molecule has 182 valence electrons. The highest BCUT2D eigenvalue weighted by atomic mass is 35.5. The maximum Gasteiger partial charge on any atom is 0.225 e. The van der Waals surface area contributed by atoms with Gasteiger partial charge in [-0.05, 0) is 62.1 Å². The first-order chi connectivity index (χ1) is 16.4. The summed E-state index contributed by atoms with van der Waals surface area (Å²) in [5.74, 6) is 0.241. The number of anilines is 2. The number of carbonyl (C=O) groups excluding carboxylic acids is 2. The molecule has 0 saturated carbocycles. The van der Waals surface area contributed by atoms with Crippen LogP contribution in [0.25, 0.3) is 0 Å². The Morgan fingerprint density at radius 1 is 1.03 bits per heavy atom. The zero-order valence-corrected chi connectivity index (χ0v) is 21.3. The van der Waals surface area contributed by atoms with Gasteiger partial charge in [-0.3, -0.25) is 9.59 Å². The van der Waals surface area contributed by atoms with Crippen molar-refractivity contribution < 1.29 is 9.59 Å². The highest BCUT2D eigenvalue weighted by Crippen LogP contribution is 2.34. The van der Waals surface area contributed by atoms with Crippen molar-refractivity contribution in [1.29, 1.82) is 0 Å².